The van der Waals surface area contributed by atoms with Gasteiger partial charge in [0.15, 0.2) is 5.82 Å². The standard InChI is InChI=1S/C32H44ClN7O3S/c1-4-23(5-2)38-44(41,42)30-12-8-7-11-28(30)35-31-26(33)22-34-32(37-31)36-27-14-13-25(21-29(27)43-3)40-19-15-24(16-20-40)39-17-9-6-10-18-39/h7-8,11-14,21-24,38H,4-6,9-10,15-20H2,1-3H3,(H2,34,35,36,37). The van der Waals surface area contributed by atoms with Gasteiger partial charge in [0, 0.05) is 36.9 Å². The van der Waals surface area contributed by atoms with Crippen LogP contribution < -0.4 is 25.0 Å². The van der Waals surface area contributed by atoms with Crippen LogP contribution in [-0.4, -0.2) is 68.7 Å². The van der Waals surface area contributed by atoms with E-state index in [0.717, 1.165) is 18.8 Å². The Morgan fingerprint density at radius 2 is 1.70 bits per heavy atom. The van der Waals surface area contributed by atoms with Crippen LogP contribution in [0.4, 0.5) is 28.8 Å². The van der Waals surface area contributed by atoms with Crippen LogP contribution in [0, 0.1) is 0 Å². The van der Waals surface area contributed by atoms with Gasteiger partial charge in [-0.1, -0.05) is 44.0 Å². The second-order valence-corrected chi connectivity index (χ2v) is 13.6. The molecule has 0 saturated carbocycles. The van der Waals surface area contributed by atoms with Crippen molar-refractivity contribution in [3.05, 3.63) is 53.7 Å². The highest BCUT2D eigenvalue weighted by molar-refractivity contribution is 7.89. The molecular formula is C32H44ClN7O3S. The minimum absolute atomic E-state index is 0.119. The first-order valence-electron chi connectivity index (χ1n) is 15.7. The largest absolute Gasteiger partial charge is 0.494 e. The SMILES string of the molecule is CCC(CC)NS(=O)(=O)c1ccccc1Nc1nc(Nc2ccc(N3CCC(N4CCCCC4)CC3)cc2OC)ncc1Cl. The molecule has 1 aromatic heterocycles. The van der Waals surface area contributed by atoms with Gasteiger partial charge in [0.1, 0.15) is 15.7 Å². The first-order valence-corrected chi connectivity index (χ1v) is 17.5. The quantitative estimate of drug-likeness (QED) is 0.203. The first kappa shape index (κ1) is 32.3. The van der Waals surface area contributed by atoms with Crippen LogP contribution in [0.1, 0.15) is 58.8 Å². The Morgan fingerprint density at radius 1 is 0.977 bits per heavy atom. The zero-order valence-corrected chi connectivity index (χ0v) is 27.4. The Hall–Kier alpha value is -3.12. The van der Waals surface area contributed by atoms with E-state index in [1.165, 1.54) is 51.4 Å². The molecule has 0 radical (unpaired) electrons. The molecule has 2 aliphatic rings. The molecule has 10 nitrogen and oxygen atoms in total. The van der Waals surface area contributed by atoms with Crippen molar-refractivity contribution >= 4 is 50.5 Å². The van der Waals surface area contributed by atoms with Crippen molar-refractivity contribution in [2.45, 2.75) is 75.8 Å². The van der Waals surface area contributed by atoms with Gasteiger partial charge in [-0.3, -0.25) is 0 Å². The summed E-state index contributed by atoms with van der Waals surface area (Å²) in [6, 6.07) is 13.3. The molecule has 44 heavy (non-hydrogen) atoms. The van der Waals surface area contributed by atoms with Crippen molar-refractivity contribution in [3.8, 4) is 5.75 Å². The lowest BCUT2D eigenvalue weighted by atomic mass is 9.99. The molecule has 0 atom stereocenters. The van der Waals surface area contributed by atoms with Crippen molar-refractivity contribution in [1.82, 2.24) is 19.6 Å². The second kappa shape index (κ2) is 14.8. The van der Waals surface area contributed by atoms with Gasteiger partial charge in [-0.05, 0) is 75.9 Å². The van der Waals surface area contributed by atoms with Crippen molar-refractivity contribution in [2.24, 2.45) is 0 Å². The van der Waals surface area contributed by atoms with Gasteiger partial charge in [-0.25, -0.2) is 18.1 Å². The molecule has 238 valence electrons. The molecular weight excluding hydrogens is 598 g/mol. The third-order valence-corrected chi connectivity index (χ3v) is 10.5. The molecule has 3 N–H and O–H groups in total. The predicted octanol–water partition coefficient (Wildman–Crippen LogP) is 6.55. The normalized spacial score (nSPS) is 16.7. The number of hydrogen-bond acceptors (Lipinski definition) is 9. The third kappa shape index (κ3) is 7.74. The molecule has 5 rings (SSSR count). The fourth-order valence-electron chi connectivity index (χ4n) is 6.06. The summed E-state index contributed by atoms with van der Waals surface area (Å²) in [6.07, 6.45) is 9.23. The number of sulfonamides is 1. The molecule has 2 saturated heterocycles. The van der Waals surface area contributed by atoms with Crippen molar-refractivity contribution in [1.29, 1.82) is 0 Å². The maximum absolute atomic E-state index is 13.2. The van der Waals surface area contributed by atoms with E-state index in [0.29, 0.717) is 42.0 Å². The maximum Gasteiger partial charge on any atom is 0.242 e. The summed E-state index contributed by atoms with van der Waals surface area (Å²) in [5.41, 5.74) is 2.21. The van der Waals surface area contributed by atoms with E-state index in [-0.39, 0.29) is 21.8 Å². The van der Waals surface area contributed by atoms with Gasteiger partial charge in [0.2, 0.25) is 16.0 Å². The van der Waals surface area contributed by atoms with Crippen molar-refractivity contribution in [3.63, 3.8) is 0 Å². The van der Waals surface area contributed by atoms with Crippen LogP contribution in [-0.2, 0) is 10.0 Å². The second-order valence-electron chi connectivity index (χ2n) is 11.5. The van der Waals surface area contributed by atoms with Crippen LogP contribution in [0.25, 0.3) is 0 Å². The third-order valence-electron chi connectivity index (χ3n) is 8.65. The van der Waals surface area contributed by atoms with Gasteiger partial charge >= 0.3 is 0 Å². The van der Waals surface area contributed by atoms with E-state index in [4.69, 9.17) is 16.3 Å². The van der Waals surface area contributed by atoms with Crippen LogP contribution in [0.3, 0.4) is 0 Å². The lowest BCUT2D eigenvalue weighted by molar-refractivity contribution is 0.141. The number of halogens is 1. The number of likely N-dealkylation sites (tertiary alicyclic amines) is 1. The van der Waals surface area contributed by atoms with Crippen molar-refractivity contribution in [2.75, 3.05) is 48.8 Å². The topological polar surface area (TPSA) is 112 Å². The summed E-state index contributed by atoms with van der Waals surface area (Å²) in [5, 5.41) is 6.60. The Balaban J connectivity index is 1.29. The van der Waals surface area contributed by atoms with Crippen LogP contribution in [0.5, 0.6) is 5.75 Å². The molecule has 3 aromatic rings. The number of hydrogen-bond donors (Lipinski definition) is 3. The average Bonchev–Trinajstić information content (AvgIpc) is 3.06. The number of para-hydroxylation sites is 1. The van der Waals surface area contributed by atoms with Gasteiger partial charge in [-0.15, -0.1) is 0 Å². The van der Waals surface area contributed by atoms with E-state index in [1.54, 1.807) is 31.4 Å². The number of anilines is 5. The van der Waals surface area contributed by atoms with E-state index in [9.17, 15) is 8.42 Å². The number of aromatic nitrogens is 2. The van der Waals surface area contributed by atoms with E-state index in [1.807, 2.05) is 26.0 Å². The van der Waals surface area contributed by atoms with Crippen LogP contribution in [0.15, 0.2) is 53.6 Å². The van der Waals surface area contributed by atoms with Gasteiger partial charge < -0.3 is 25.2 Å². The minimum Gasteiger partial charge on any atom is -0.494 e. The number of benzene rings is 2. The number of nitrogens with one attached hydrogen (secondary N) is 3. The van der Waals surface area contributed by atoms with Gasteiger partial charge in [-0.2, -0.15) is 4.98 Å². The highest BCUT2D eigenvalue weighted by Gasteiger charge is 2.26. The predicted molar refractivity (Wildman–Crippen MR) is 178 cm³/mol. The van der Waals surface area contributed by atoms with Crippen molar-refractivity contribution < 1.29 is 13.2 Å². The molecule has 0 aliphatic carbocycles. The molecule has 0 unspecified atom stereocenters. The Labute approximate surface area is 266 Å². The maximum atomic E-state index is 13.2. The minimum atomic E-state index is -3.78. The smallest absolute Gasteiger partial charge is 0.242 e. The Kier molecular flexibility index (Phi) is 10.8. The molecule has 0 bridgehead atoms. The van der Waals surface area contributed by atoms with Gasteiger partial charge in [0.05, 0.1) is 24.7 Å². The zero-order valence-electron chi connectivity index (χ0n) is 25.9. The van der Waals surface area contributed by atoms with Crippen LogP contribution >= 0.6 is 11.6 Å². The monoisotopic (exact) mass is 641 g/mol. The lowest BCUT2D eigenvalue weighted by Crippen LogP contribution is -2.46. The Bertz CT molecular complexity index is 1510. The number of nitrogens with zero attached hydrogens (tertiary/aromatic N) is 4. The molecule has 12 heteroatoms. The first-order chi connectivity index (χ1) is 21.3. The zero-order chi connectivity index (χ0) is 31.1. The highest BCUT2D eigenvalue weighted by Crippen LogP contribution is 2.34. The summed E-state index contributed by atoms with van der Waals surface area (Å²) in [4.78, 5) is 14.2. The number of ether oxygens (including phenoxy) is 1. The summed E-state index contributed by atoms with van der Waals surface area (Å²) >= 11 is 6.46. The molecule has 2 aliphatic heterocycles. The molecule has 3 heterocycles. The molecule has 2 aromatic carbocycles. The molecule has 0 amide bonds. The average molecular weight is 642 g/mol. The van der Waals surface area contributed by atoms with E-state index >= 15 is 0 Å². The van der Waals surface area contributed by atoms with Gasteiger partial charge in [0.25, 0.3) is 0 Å². The highest BCUT2D eigenvalue weighted by atomic mass is 35.5. The fraction of sp³-hybridized carbons (Fsp3) is 0.500. The lowest BCUT2D eigenvalue weighted by Gasteiger charge is -2.41. The fourth-order valence-corrected chi connectivity index (χ4v) is 7.76. The van der Waals surface area contributed by atoms with Crippen LogP contribution in [0.2, 0.25) is 5.02 Å². The summed E-state index contributed by atoms with van der Waals surface area (Å²) in [5.74, 6) is 1.25. The molecule has 0 spiro atoms. The number of methoxy groups -OCH3 is 1. The van der Waals surface area contributed by atoms with E-state index in [2.05, 4.69) is 41.2 Å². The van der Waals surface area contributed by atoms with E-state index < -0.39 is 10.0 Å². The summed E-state index contributed by atoms with van der Waals surface area (Å²) in [7, 11) is -2.13. The summed E-state index contributed by atoms with van der Waals surface area (Å²) < 4.78 is 35.0. The number of piperidine rings is 2. The summed E-state index contributed by atoms with van der Waals surface area (Å²) in [6.45, 7) is 8.44. The number of rotatable bonds is 12. The molecule has 2 fully saturated rings. The Morgan fingerprint density at radius 3 is 2.41 bits per heavy atom.